The minimum absolute atomic E-state index is 0.776. The summed E-state index contributed by atoms with van der Waals surface area (Å²) in [7, 11) is 0. The normalized spacial score (nSPS) is 11.5. The summed E-state index contributed by atoms with van der Waals surface area (Å²) in [6.07, 6.45) is 11.0. The molecule has 0 aromatic carbocycles. The van der Waals surface area contributed by atoms with Crippen LogP contribution in [0, 0.1) is 5.92 Å². The Balaban J connectivity index is 2.70. The first kappa shape index (κ1) is 13.0. The molecular formula is C15H23N. The Morgan fingerprint density at radius 1 is 1.25 bits per heavy atom. The van der Waals surface area contributed by atoms with Crippen LogP contribution in [-0.2, 0) is 6.42 Å². The van der Waals surface area contributed by atoms with E-state index in [1.165, 1.54) is 24.1 Å². The van der Waals surface area contributed by atoms with E-state index in [-0.39, 0.29) is 0 Å². The van der Waals surface area contributed by atoms with Gasteiger partial charge in [0.25, 0.3) is 0 Å². The van der Waals surface area contributed by atoms with Gasteiger partial charge in [-0.25, -0.2) is 0 Å². The van der Waals surface area contributed by atoms with Crippen molar-refractivity contribution in [2.45, 2.75) is 46.5 Å². The second-order valence-electron chi connectivity index (χ2n) is 4.28. The summed E-state index contributed by atoms with van der Waals surface area (Å²) < 4.78 is 0. The molecule has 0 radical (unpaired) electrons. The molecule has 0 saturated heterocycles. The molecule has 0 aliphatic rings. The Bertz CT molecular complexity index is 324. The van der Waals surface area contributed by atoms with Crippen molar-refractivity contribution in [3.05, 3.63) is 35.7 Å². The minimum atomic E-state index is 0.776. The van der Waals surface area contributed by atoms with Gasteiger partial charge in [-0.3, -0.25) is 4.98 Å². The Labute approximate surface area is 99.6 Å². The van der Waals surface area contributed by atoms with Crippen molar-refractivity contribution in [1.29, 1.82) is 0 Å². The second kappa shape index (κ2) is 7.21. The van der Waals surface area contributed by atoms with E-state index < -0.39 is 0 Å². The third-order valence-corrected chi connectivity index (χ3v) is 3.04. The summed E-state index contributed by atoms with van der Waals surface area (Å²) in [5, 5.41) is 0. The lowest BCUT2D eigenvalue weighted by atomic mass is 9.97. The predicted octanol–water partition coefficient (Wildman–Crippen LogP) is 4.48. The van der Waals surface area contributed by atoms with Gasteiger partial charge in [-0.2, -0.15) is 0 Å². The van der Waals surface area contributed by atoms with Gasteiger partial charge in [0.05, 0.1) is 0 Å². The van der Waals surface area contributed by atoms with Gasteiger partial charge in [0, 0.05) is 11.9 Å². The van der Waals surface area contributed by atoms with Crippen LogP contribution in [0.3, 0.4) is 0 Å². The van der Waals surface area contributed by atoms with Crippen molar-refractivity contribution >= 4 is 6.08 Å². The molecule has 0 atom stereocenters. The first-order valence-electron chi connectivity index (χ1n) is 6.41. The quantitative estimate of drug-likeness (QED) is 0.684. The van der Waals surface area contributed by atoms with Gasteiger partial charge >= 0.3 is 0 Å². The van der Waals surface area contributed by atoms with E-state index >= 15 is 0 Å². The van der Waals surface area contributed by atoms with Gasteiger partial charge in [0.1, 0.15) is 0 Å². The molecule has 0 unspecified atom stereocenters. The van der Waals surface area contributed by atoms with Crippen LogP contribution in [0.5, 0.6) is 0 Å². The minimum Gasteiger partial charge on any atom is -0.261 e. The van der Waals surface area contributed by atoms with Gasteiger partial charge in [0.2, 0.25) is 0 Å². The number of hydrogen-bond donors (Lipinski definition) is 0. The Hall–Kier alpha value is -1.11. The van der Waals surface area contributed by atoms with Crippen molar-refractivity contribution in [2.24, 2.45) is 5.92 Å². The highest BCUT2D eigenvalue weighted by Gasteiger charge is 2.05. The molecule has 0 spiro atoms. The third-order valence-electron chi connectivity index (χ3n) is 3.04. The second-order valence-corrected chi connectivity index (χ2v) is 4.28. The summed E-state index contributed by atoms with van der Waals surface area (Å²) in [4.78, 5) is 4.45. The Morgan fingerprint density at radius 3 is 2.62 bits per heavy atom. The number of rotatable bonds is 6. The largest absolute Gasteiger partial charge is 0.261 e. The molecule has 1 nitrogen and oxygen atoms in total. The van der Waals surface area contributed by atoms with E-state index in [4.69, 9.17) is 0 Å². The van der Waals surface area contributed by atoms with Crippen molar-refractivity contribution in [3.8, 4) is 0 Å². The molecule has 16 heavy (non-hydrogen) atoms. The predicted molar refractivity (Wildman–Crippen MR) is 71.3 cm³/mol. The lowest BCUT2D eigenvalue weighted by Gasteiger charge is -2.11. The summed E-state index contributed by atoms with van der Waals surface area (Å²) in [6, 6.07) is 4.28. The fourth-order valence-electron chi connectivity index (χ4n) is 1.84. The molecule has 0 fully saturated rings. The average molecular weight is 217 g/mol. The van der Waals surface area contributed by atoms with Crippen LogP contribution in [-0.4, -0.2) is 4.98 Å². The number of hydrogen-bond acceptors (Lipinski definition) is 1. The number of allylic oxidation sites excluding steroid dienone is 1. The highest BCUT2D eigenvalue weighted by molar-refractivity contribution is 5.48. The monoisotopic (exact) mass is 217 g/mol. The molecule has 1 heteroatoms. The smallest absolute Gasteiger partial charge is 0.0412 e. The van der Waals surface area contributed by atoms with Crippen molar-refractivity contribution in [2.75, 3.05) is 0 Å². The first-order valence-corrected chi connectivity index (χ1v) is 6.41. The van der Waals surface area contributed by atoms with E-state index in [1.54, 1.807) is 0 Å². The lowest BCUT2D eigenvalue weighted by Crippen LogP contribution is -2.03. The highest BCUT2D eigenvalue weighted by atomic mass is 14.7. The van der Waals surface area contributed by atoms with E-state index in [0.29, 0.717) is 0 Å². The molecule has 1 heterocycles. The molecule has 88 valence electrons. The zero-order valence-corrected chi connectivity index (χ0v) is 10.7. The van der Waals surface area contributed by atoms with Gasteiger partial charge in [-0.15, -0.1) is 0 Å². The van der Waals surface area contributed by atoms with Crippen LogP contribution in [0.25, 0.3) is 6.08 Å². The van der Waals surface area contributed by atoms with Crippen molar-refractivity contribution < 1.29 is 0 Å². The topological polar surface area (TPSA) is 12.9 Å². The molecule has 1 aromatic heterocycles. The SMILES string of the molecule is CC/C=C/c1ccnc(CC(CC)CC)c1. The van der Waals surface area contributed by atoms with Gasteiger partial charge < -0.3 is 0 Å². The van der Waals surface area contributed by atoms with E-state index in [9.17, 15) is 0 Å². The molecular weight excluding hydrogens is 194 g/mol. The van der Waals surface area contributed by atoms with Gasteiger partial charge in [-0.05, 0) is 36.5 Å². The fraction of sp³-hybridized carbons (Fsp3) is 0.533. The van der Waals surface area contributed by atoms with E-state index in [0.717, 1.165) is 18.8 Å². The van der Waals surface area contributed by atoms with Crippen LogP contribution < -0.4 is 0 Å². The number of pyridine rings is 1. The van der Waals surface area contributed by atoms with Crippen molar-refractivity contribution in [1.82, 2.24) is 4.98 Å². The van der Waals surface area contributed by atoms with E-state index in [1.807, 2.05) is 6.20 Å². The lowest BCUT2D eigenvalue weighted by molar-refractivity contribution is 0.485. The first-order chi connectivity index (χ1) is 7.80. The van der Waals surface area contributed by atoms with Crippen LogP contribution in [0.2, 0.25) is 0 Å². The summed E-state index contributed by atoms with van der Waals surface area (Å²) in [5.41, 5.74) is 2.50. The maximum Gasteiger partial charge on any atom is 0.0412 e. The Kier molecular flexibility index (Phi) is 5.84. The third kappa shape index (κ3) is 4.18. The summed E-state index contributed by atoms with van der Waals surface area (Å²) in [6.45, 7) is 6.67. The molecule has 0 bridgehead atoms. The van der Waals surface area contributed by atoms with Crippen LogP contribution >= 0.6 is 0 Å². The fourth-order valence-corrected chi connectivity index (χ4v) is 1.84. The molecule has 0 amide bonds. The number of aromatic nitrogens is 1. The molecule has 1 aromatic rings. The van der Waals surface area contributed by atoms with Gasteiger partial charge in [0.15, 0.2) is 0 Å². The molecule has 0 aliphatic heterocycles. The Morgan fingerprint density at radius 2 is 2.00 bits per heavy atom. The molecule has 0 aliphatic carbocycles. The average Bonchev–Trinajstić information content (AvgIpc) is 2.34. The van der Waals surface area contributed by atoms with Gasteiger partial charge in [-0.1, -0.05) is 45.8 Å². The maximum absolute atomic E-state index is 4.45. The zero-order valence-electron chi connectivity index (χ0n) is 10.7. The standard InChI is InChI=1S/C15H23N/c1-4-7-8-14-9-10-16-15(12-14)11-13(5-2)6-3/h7-10,12-13H,4-6,11H2,1-3H3/b8-7+. The number of nitrogens with zero attached hydrogens (tertiary/aromatic N) is 1. The summed E-state index contributed by atoms with van der Waals surface area (Å²) >= 11 is 0. The van der Waals surface area contributed by atoms with Crippen LogP contribution in [0.1, 0.15) is 51.3 Å². The highest BCUT2D eigenvalue weighted by Crippen LogP contribution is 2.15. The summed E-state index contributed by atoms with van der Waals surface area (Å²) in [5.74, 6) is 0.776. The van der Waals surface area contributed by atoms with Crippen molar-refractivity contribution in [3.63, 3.8) is 0 Å². The molecule has 0 saturated carbocycles. The maximum atomic E-state index is 4.45. The van der Waals surface area contributed by atoms with Crippen LogP contribution in [0.4, 0.5) is 0 Å². The van der Waals surface area contributed by atoms with Crippen LogP contribution in [0.15, 0.2) is 24.4 Å². The van der Waals surface area contributed by atoms with E-state index in [2.05, 4.69) is 50.0 Å². The molecule has 1 rings (SSSR count). The zero-order chi connectivity index (χ0) is 11.8. The molecule has 0 N–H and O–H groups in total.